The molecule has 0 heterocycles. The van der Waals surface area contributed by atoms with E-state index in [4.69, 9.17) is 9.47 Å². The minimum absolute atomic E-state index is 0.0140. The van der Waals surface area contributed by atoms with Crippen LogP contribution in [0.1, 0.15) is 33.6 Å². The van der Waals surface area contributed by atoms with Crippen LogP contribution in [0.25, 0.3) is 0 Å². The lowest BCUT2D eigenvalue weighted by Crippen LogP contribution is -2.48. The van der Waals surface area contributed by atoms with Gasteiger partial charge in [-0.15, -0.1) is 0 Å². The van der Waals surface area contributed by atoms with Gasteiger partial charge in [0.15, 0.2) is 0 Å². The van der Waals surface area contributed by atoms with Gasteiger partial charge in [-0.2, -0.15) is 0 Å². The van der Waals surface area contributed by atoms with Gasteiger partial charge in [0, 0.05) is 12.1 Å². The molecule has 0 aliphatic carbocycles. The number of esters is 1. The zero-order valence-electron chi connectivity index (χ0n) is 11.1. The molecule has 0 rings (SSSR count). The van der Waals surface area contributed by atoms with E-state index in [-0.39, 0.29) is 24.7 Å². The predicted molar refractivity (Wildman–Crippen MR) is 65.9 cm³/mol. The maximum absolute atomic E-state index is 11.0. The number of hydrogen-bond donors (Lipinski definition) is 2. The lowest BCUT2D eigenvalue weighted by atomic mass is 9.94. The van der Waals surface area contributed by atoms with Crippen molar-refractivity contribution >= 4 is 5.97 Å². The van der Waals surface area contributed by atoms with Gasteiger partial charge in [-0.25, -0.2) is 4.79 Å². The van der Waals surface area contributed by atoms with Crippen LogP contribution in [0.3, 0.4) is 0 Å². The summed E-state index contributed by atoms with van der Waals surface area (Å²) in [5.74, 6) is -0.341. The van der Waals surface area contributed by atoms with E-state index in [1.807, 2.05) is 13.8 Å². The summed E-state index contributed by atoms with van der Waals surface area (Å²) in [5.41, 5.74) is -0.229. The molecule has 5 heteroatoms. The predicted octanol–water partition coefficient (Wildman–Crippen LogP) is 0.707. The van der Waals surface area contributed by atoms with Gasteiger partial charge in [0.1, 0.15) is 6.61 Å². The Morgan fingerprint density at radius 3 is 2.41 bits per heavy atom. The summed E-state index contributed by atoms with van der Waals surface area (Å²) in [7, 11) is 0. The number of hydrogen-bond acceptors (Lipinski definition) is 5. The number of aliphatic hydroxyl groups is 1. The molecule has 0 aliphatic rings. The van der Waals surface area contributed by atoms with Crippen molar-refractivity contribution in [2.24, 2.45) is 0 Å². The number of carbonyl (C=O) groups excluding carboxylic acids is 1. The Morgan fingerprint density at radius 2 is 1.94 bits per heavy atom. The van der Waals surface area contributed by atoms with Gasteiger partial charge >= 0.3 is 5.97 Å². The molecule has 5 nitrogen and oxygen atoms in total. The Bertz CT molecular complexity index is 196. The largest absolute Gasteiger partial charge is 0.464 e. The topological polar surface area (TPSA) is 67.8 Å². The first-order chi connectivity index (χ1) is 8.14. The minimum atomic E-state index is -0.341. The van der Waals surface area contributed by atoms with E-state index in [2.05, 4.69) is 5.32 Å². The fraction of sp³-hybridized carbons (Fsp3) is 0.917. The van der Waals surface area contributed by atoms with Gasteiger partial charge in [0.2, 0.25) is 0 Å². The molecule has 0 unspecified atom stereocenters. The fourth-order valence-electron chi connectivity index (χ4n) is 1.53. The Balaban J connectivity index is 3.65. The number of carbonyl (C=O) groups is 1. The van der Waals surface area contributed by atoms with Crippen molar-refractivity contribution in [1.29, 1.82) is 0 Å². The molecule has 0 bridgehead atoms. The third-order valence-electron chi connectivity index (χ3n) is 2.93. The molecule has 0 atom stereocenters. The van der Waals surface area contributed by atoms with Gasteiger partial charge < -0.3 is 19.9 Å². The summed E-state index contributed by atoms with van der Waals surface area (Å²) < 4.78 is 9.89. The molecule has 102 valence electrons. The lowest BCUT2D eigenvalue weighted by molar-refractivity contribution is -0.148. The van der Waals surface area contributed by atoms with Gasteiger partial charge in [-0.3, -0.25) is 0 Å². The third kappa shape index (κ3) is 6.61. The molecule has 0 aromatic rings. The molecular weight excluding hydrogens is 222 g/mol. The summed E-state index contributed by atoms with van der Waals surface area (Å²) in [6.45, 7) is 7.34. The van der Waals surface area contributed by atoms with Crippen LogP contribution < -0.4 is 5.32 Å². The second kappa shape index (κ2) is 9.39. The summed E-state index contributed by atoms with van der Waals surface area (Å²) >= 11 is 0. The van der Waals surface area contributed by atoms with Crippen molar-refractivity contribution in [3.8, 4) is 0 Å². The Hall–Kier alpha value is -0.650. The summed E-state index contributed by atoms with van der Waals surface area (Å²) in [4.78, 5) is 11.0. The van der Waals surface area contributed by atoms with Gasteiger partial charge in [-0.05, 0) is 19.8 Å². The van der Waals surface area contributed by atoms with Crippen LogP contribution in [0, 0.1) is 0 Å². The minimum Gasteiger partial charge on any atom is -0.464 e. The van der Waals surface area contributed by atoms with Crippen LogP contribution >= 0.6 is 0 Å². The van der Waals surface area contributed by atoms with Crippen molar-refractivity contribution in [1.82, 2.24) is 5.32 Å². The lowest BCUT2D eigenvalue weighted by Gasteiger charge is -2.30. The Labute approximate surface area is 103 Å². The van der Waals surface area contributed by atoms with Crippen molar-refractivity contribution < 1.29 is 19.4 Å². The maximum atomic E-state index is 11.0. The van der Waals surface area contributed by atoms with E-state index in [1.165, 1.54) is 0 Å². The van der Waals surface area contributed by atoms with Crippen LogP contribution in [-0.2, 0) is 14.3 Å². The molecule has 17 heavy (non-hydrogen) atoms. The fourth-order valence-corrected chi connectivity index (χ4v) is 1.53. The van der Waals surface area contributed by atoms with E-state index < -0.39 is 0 Å². The van der Waals surface area contributed by atoms with E-state index in [0.29, 0.717) is 19.8 Å². The molecule has 2 N–H and O–H groups in total. The molecule has 0 aromatic heterocycles. The average Bonchev–Trinajstić information content (AvgIpc) is 2.35. The Kier molecular flexibility index (Phi) is 9.03. The summed E-state index contributed by atoms with van der Waals surface area (Å²) in [6.07, 6.45) is 1.72. The standard InChI is InChI=1S/C12H25NO4/c1-4-12(5-2,10-14)13-7-8-16-9-11(15)17-6-3/h13-14H,4-10H2,1-3H3. The van der Waals surface area contributed by atoms with Gasteiger partial charge in [-0.1, -0.05) is 13.8 Å². The van der Waals surface area contributed by atoms with Crippen LogP contribution in [0.4, 0.5) is 0 Å². The second-order valence-corrected chi connectivity index (χ2v) is 3.93. The number of rotatable bonds is 10. The molecule has 0 radical (unpaired) electrons. The van der Waals surface area contributed by atoms with E-state index in [9.17, 15) is 9.90 Å². The molecule has 0 aromatic carbocycles. The smallest absolute Gasteiger partial charge is 0.332 e. The molecule has 0 amide bonds. The first kappa shape index (κ1) is 16.4. The zero-order valence-corrected chi connectivity index (χ0v) is 11.1. The molecule has 0 fully saturated rings. The third-order valence-corrected chi connectivity index (χ3v) is 2.93. The number of ether oxygens (including phenoxy) is 2. The molecule has 0 spiro atoms. The SMILES string of the molecule is CCOC(=O)COCCNC(CC)(CC)CO. The highest BCUT2D eigenvalue weighted by Gasteiger charge is 2.23. The van der Waals surface area contributed by atoms with Crippen LogP contribution in [0.5, 0.6) is 0 Å². The second-order valence-electron chi connectivity index (χ2n) is 3.93. The molecule has 0 saturated carbocycles. The van der Waals surface area contributed by atoms with Gasteiger partial charge in [0.25, 0.3) is 0 Å². The van der Waals surface area contributed by atoms with Crippen LogP contribution in [0.2, 0.25) is 0 Å². The number of nitrogens with one attached hydrogen (secondary N) is 1. The first-order valence-corrected chi connectivity index (χ1v) is 6.23. The van der Waals surface area contributed by atoms with Crippen molar-refractivity contribution in [3.63, 3.8) is 0 Å². The quantitative estimate of drug-likeness (QED) is 0.439. The highest BCUT2D eigenvalue weighted by atomic mass is 16.6. The summed E-state index contributed by atoms with van der Waals surface area (Å²) in [6, 6.07) is 0. The molecule has 0 aliphatic heterocycles. The molecule has 0 saturated heterocycles. The van der Waals surface area contributed by atoms with Crippen molar-refractivity contribution in [2.75, 3.05) is 33.0 Å². The van der Waals surface area contributed by atoms with E-state index in [1.54, 1.807) is 6.92 Å². The van der Waals surface area contributed by atoms with Crippen LogP contribution in [-0.4, -0.2) is 49.6 Å². The van der Waals surface area contributed by atoms with E-state index >= 15 is 0 Å². The van der Waals surface area contributed by atoms with Crippen molar-refractivity contribution in [2.45, 2.75) is 39.2 Å². The highest BCUT2D eigenvalue weighted by molar-refractivity contribution is 5.70. The average molecular weight is 247 g/mol. The van der Waals surface area contributed by atoms with Crippen molar-refractivity contribution in [3.05, 3.63) is 0 Å². The van der Waals surface area contributed by atoms with E-state index in [0.717, 1.165) is 12.8 Å². The monoisotopic (exact) mass is 247 g/mol. The summed E-state index contributed by atoms with van der Waals surface area (Å²) in [5, 5.41) is 12.6. The zero-order chi connectivity index (χ0) is 13.1. The van der Waals surface area contributed by atoms with Gasteiger partial charge in [0.05, 0.1) is 19.8 Å². The van der Waals surface area contributed by atoms with Crippen LogP contribution in [0.15, 0.2) is 0 Å². The maximum Gasteiger partial charge on any atom is 0.332 e. The number of aliphatic hydroxyl groups excluding tert-OH is 1. The normalized spacial score (nSPS) is 11.5. The first-order valence-electron chi connectivity index (χ1n) is 6.23. The Morgan fingerprint density at radius 1 is 1.29 bits per heavy atom. The molecular formula is C12H25NO4. The highest BCUT2D eigenvalue weighted by Crippen LogP contribution is 2.13.